The van der Waals surface area contributed by atoms with E-state index in [1.807, 2.05) is 0 Å². The summed E-state index contributed by atoms with van der Waals surface area (Å²) in [7, 11) is 0. The van der Waals surface area contributed by atoms with Crippen LogP contribution in [0, 0.1) is 5.92 Å². The van der Waals surface area contributed by atoms with Gasteiger partial charge in [0.05, 0.1) is 0 Å². The first kappa shape index (κ1) is 12.0. The van der Waals surface area contributed by atoms with E-state index < -0.39 is 0 Å². The molecular formula is C12H26N2. The molecule has 1 aliphatic heterocycles. The van der Waals surface area contributed by atoms with Gasteiger partial charge in [-0.2, -0.15) is 0 Å². The van der Waals surface area contributed by atoms with E-state index in [-0.39, 0.29) is 0 Å². The van der Waals surface area contributed by atoms with Gasteiger partial charge in [-0.25, -0.2) is 0 Å². The van der Waals surface area contributed by atoms with E-state index in [1.54, 1.807) is 0 Å². The summed E-state index contributed by atoms with van der Waals surface area (Å²) in [6.07, 6.45) is 0. The average Bonchev–Trinajstić information content (AvgIpc) is 2.01. The van der Waals surface area contributed by atoms with Crippen LogP contribution in [0.2, 0.25) is 0 Å². The maximum atomic E-state index is 2.61. The first-order valence-electron chi connectivity index (χ1n) is 5.98. The van der Waals surface area contributed by atoms with Crippen molar-refractivity contribution in [1.82, 2.24) is 9.80 Å². The Balaban J connectivity index is 2.39. The third-order valence-electron chi connectivity index (χ3n) is 3.05. The predicted octanol–water partition coefficient (Wildman–Crippen LogP) is 2.06. The molecule has 1 heterocycles. The van der Waals surface area contributed by atoms with Crippen molar-refractivity contribution in [3.8, 4) is 0 Å². The molecule has 84 valence electrons. The molecule has 1 fully saturated rings. The number of piperazine rings is 1. The zero-order chi connectivity index (χ0) is 10.7. The fourth-order valence-corrected chi connectivity index (χ4v) is 2.50. The van der Waals surface area contributed by atoms with Crippen molar-refractivity contribution in [3.63, 3.8) is 0 Å². The third kappa shape index (κ3) is 3.25. The molecule has 0 amide bonds. The van der Waals surface area contributed by atoms with Gasteiger partial charge < -0.3 is 4.90 Å². The zero-order valence-corrected chi connectivity index (χ0v) is 10.5. The Kier molecular flexibility index (Phi) is 4.39. The van der Waals surface area contributed by atoms with Gasteiger partial charge in [0.2, 0.25) is 0 Å². The molecule has 1 aliphatic rings. The van der Waals surface area contributed by atoms with E-state index in [0.717, 1.165) is 12.0 Å². The lowest BCUT2D eigenvalue weighted by molar-refractivity contribution is 0.0546. The molecule has 2 nitrogen and oxygen atoms in total. The summed E-state index contributed by atoms with van der Waals surface area (Å²) in [4.78, 5) is 5.21. The van der Waals surface area contributed by atoms with Gasteiger partial charge >= 0.3 is 0 Å². The number of rotatable bonds is 3. The van der Waals surface area contributed by atoms with Gasteiger partial charge in [-0.05, 0) is 26.7 Å². The van der Waals surface area contributed by atoms with Crippen LogP contribution in [0.4, 0.5) is 0 Å². The Morgan fingerprint density at radius 3 is 2.21 bits per heavy atom. The Labute approximate surface area is 89.3 Å². The first-order chi connectivity index (χ1) is 6.50. The molecule has 0 spiro atoms. The minimum atomic E-state index is 0.700. The summed E-state index contributed by atoms with van der Waals surface area (Å²) in [5.41, 5.74) is 0. The van der Waals surface area contributed by atoms with Crippen LogP contribution >= 0.6 is 0 Å². The minimum absolute atomic E-state index is 0.700. The van der Waals surface area contributed by atoms with Crippen molar-refractivity contribution < 1.29 is 0 Å². The van der Waals surface area contributed by atoms with Gasteiger partial charge in [0.15, 0.2) is 0 Å². The summed E-state index contributed by atoms with van der Waals surface area (Å²) in [6, 6.07) is 1.42. The van der Waals surface area contributed by atoms with Crippen molar-refractivity contribution in [2.24, 2.45) is 5.92 Å². The van der Waals surface area contributed by atoms with Crippen LogP contribution in [0.3, 0.4) is 0 Å². The molecule has 2 heteroatoms. The highest BCUT2D eigenvalue weighted by Crippen LogP contribution is 2.13. The van der Waals surface area contributed by atoms with E-state index in [1.165, 1.54) is 26.2 Å². The van der Waals surface area contributed by atoms with Crippen molar-refractivity contribution in [1.29, 1.82) is 0 Å². The molecule has 0 saturated carbocycles. The summed E-state index contributed by atoms with van der Waals surface area (Å²) >= 11 is 0. The van der Waals surface area contributed by atoms with Gasteiger partial charge in [0.1, 0.15) is 0 Å². The molecular weight excluding hydrogens is 172 g/mol. The second kappa shape index (κ2) is 5.13. The monoisotopic (exact) mass is 198 g/mol. The van der Waals surface area contributed by atoms with Crippen molar-refractivity contribution in [2.75, 3.05) is 26.2 Å². The first-order valence-corrected chi connectivity index (χ1v) is 5.98. The molecule has 0 unspecified atom stereocenters. The third-order valence-corrected chi connectivity index (χ3v) is 3.05. The fourth-order valence-electron chi connectivity index (χ4n) is 2.50. The second-order valence-electron chi connectivity index (χ2n) is 5.33. The number of hydrogen-bond donors (Lipinski definition) is 0. The lowest BCUT2D eigenvalue weighted by Gasteiger charge is -2.42. The van der Waals surface area contributed by atoms with E-state index >= 15 is 0 Å². The van der Waals surface area contributed by atoms with E-state index in [4.69, 9.17) is 0 Å². The highest BCUT2D eigenvalue weighted by atomic mass is 15.3. The molecule has 0 aromatic carbocycles. The van der Waals surface area contributed by atoms with Crippen molar-refractivity contribution >= 4 is 0 Å². The van der Waals surface area contributed by atoms with E-state index in [0.29, 0.717) is 6.04 Å². The van der Waals surface area contributed by atoms with Gasteiger partial charge in [-0.3, -0.25) is 4.90 Å². The van der Waals surface area contributed by atoms with Crippen LogP contribution in [0.5, 0.6) is 0 Å². The van der Waals surface area contributed by atoms with Crippen molar-refractivity contribution in [3.05, 3.63) is 0 Å². The Hall–Kier alpha value is -0.0800. The predicted molar refractivity (Wildman–Crippen MR) is 62.6 cm³/mol. The molecule has 14 heavy (non-hydrogen) atoms. The normalized spacial score (nSPS) is 26.4. The highest BCUT2D eigenvalue weighted by molar-refractivity contribution is 4.81. The highest BCUT2D eigenvalue weighted by Gasteiger charge is 2.25. The molecule has 0 aromatic heterocycles. The molecule has 0 aromatic rings. The lowest BCUT2D eigenvalue weighted by atomic mass is 10.1. The SMILES string of the molecule is CC(C)CN1CCN(C(C)C)[C@@H](C)C1. The molecule has 1 atom stereocenters. The average molecular weight is 198 g/mol. The molecule has 0 N–H and O–H groups in total. The fraction of sp³-hybridized carbons (Fsp3) is 1.00. The second-order valence-corrected chi connectivity index (χ2v) is 5.33. The smallest absolute Gasteiger partial charge is 0.0198 e. The molecule has 1 saturated heterocycles. The van der Waals surface area contributed by atoms with E-state index in [9.17, 15) is 0 Å². The zero-order valence-electron chi connectivity index (χ0n) is 10.5. The standard InChI is InChI=1S/C12H26N2/c1-10(2)8-13-6-7-14(11(3)4)12(5)9-13/h10-12H,6-9H2,1-5H3/t12-/m0/s1. The minimum Gasteiger partial charge on any atom is -0.300 e. The molecule has 0 aliphatic carbocycles. The maximum absolute atomic E-state index is 2.61. The van der Waals surface area contributed by atoms with Gasteiger partial charge in [0.25, 0.3) is 0 Å². The Bertz CT molecular complexity index is 166. The summed E-state index contributed by atoms with van der Waals surface area (Å²) < 4.78 is 0. The largest absolute Gasteiger partial charge is 0.300 e. The topological polar surface area (TPSA) is 6.48 Å². The Morgan fingerprint density at radius 2 is 1.79 bits per heavy atom. The van der Waals surface area contributed by atoms with Crippen LogP contribution in [0.25, 0.3) is 0 Å². The lowest BCUT2D eigenvalue weighted by Crippen LogP contribution is -2.54. The molecule has 1 rings (SSSR count). The van der Waals surface area contributed by atoms with E-state index in [2.05, 4.69) is 44.4 Å². The van der Waals surface area contributed by atoms with Crippen LogP contribution in [0.15, 0.2) is 0 Å². The Morgan fingerprint density at radius 1 is 1.14 bits per heavy atom. The maximum Gasteiger partial charge on any atom is 0.0198 e. The quantitative estimate of drug-likeness (QED) is 0.685. The van der Waals surface area contributed by atoms with Crippen LogP contribution < -0.4 is 0 Å². The van der Waals surface area contributed by atoms with Gasteiger partial charge in [0, 0.05) is 38.3 Å². The van der Waals surface area contributed by atoms with Gasteiger partial charge in [-0.1, -0.05) is 13.8 Å². The summed E-state index contributed by atoms with van der Waals surface area (Å²) in [5, 5.41) is 0. The van der Waals surface area contributed by atoms with Gasteiger partial charge in [-0.15, -0.1) is 0 Å². The van der Waals surface area contributed by atoms with Crippen LogP contribution in [-0.4, -0.2) is 48.1 Å². The molecule has 0 bridgehead atoms. The summed E-state index contributed by atoms with van der Waals surface area (Å²) in [5.74, 6) is 0.799. The summed E-state index contributed by atoms with van der Waals surface area (Å²) in [6.45, 7) is 16.6. The number of hydrogen-bond acceptors (Lipinski definition) is 2. The van der Waals surface area contributed by atoms with Crippen molar-refractivity contribution in [2.45, 2.75) is 46.7 Å². The number of nitrogens with zero attached hydrogens (tertiary/aromatic N) is 2. The molecule has 0 radical (unpaired) electrons. The van der Waals surface area contributed by atoms with Crippen LogP contribution in [-0.2, 0) is 0 Å². The van der Waals surface area contributed by atoms with Crippen LogP contribution in [0.1, 0.15) is 34.6 Å².